The fourth-order valence-electron chi connectivity index (χ4n) is 3.87. The van der Waals surface area contributed by atoms with Crippen LogP contribution in [0.5, 0.6) is 0 Å². The average molecular weight is 406 g/mol. The molecule has 154 valence electrons. The Morgan fingerprint density at radius 1 is 1.25 bits per heavy atom. The summed E-state index contributed by atoms with van der Waals surface area (Å²) in [5.74, 6) is -0.326. The molecule has 5 nitrogen and oxygen atoms in total. The molecule has 1 aromatic carbocycles. The Labute approximate surface area is 173 Å². The van der Waals surface area contributed by atoms with Crippen molar-refractivity contribution >= 4 is 29.1 Å². The Kier molecular flexibility index (Phi) is 7.16. The number of rotatable bonds is 7. The van der Waals surface area contributed by atoms with Crippen LogP contribution in [0.1, 0.15) is 47.0 Å². The van der Waals surface area contributed by atoms with E-state index in [1.165, 1.54) is 6.92 Å². The highest BCUT2D eigenvalue weighted by atomic mass is 35.5. The largest absolute Gasteiger partial charge is 0.371 e. The number of anilines is 1. The maximum Gasteiger partial charge on any atom is 0.246 e. The van der Waals surface area contributed by atoms with E-state index in [9.17, 15) is 9.59 Å². The molecule has 1 fully saturated rings. The minimum absolute atomic E-state index is 0.00521. The van der Waals surface area contributed by atoms with Gasteiger partial charge >= 0.3 is 0 Å². The number of carbonyl (C=O) groups is 2. The van der Waals surface area contributed by atoms with Crippen molar-refractivity contribution in [3.63, 3.8) is 0 Å². The first-order chi connectivity index (χ1) is 13.1. The number of amides is 2. The van der Waals surface area contributed by atoms with E-state index in [4.69, 9.17) is 11.6 Å². The first kappa shape index (κ1) is 22.3. The van der Waals surface area contributed by atoms with Gasteiger partial charge in [0, 0.05) is 42.2 Å². The van der Waals surface area contributed by atoms with Crippen LogP contribution in [0, 0.1) is 5.92 Å². The summed E-state index contributed by atoms with van der Waals surface area (Å²) < 4.78 is 0. The number of nitrogens with one attached hydrogen (secondary N) is 2. The number of hydrogen-bond acceptors (Lipinski definition) is 3. The molecular weight excluding hydrogens is 374 g/mol. The second-order valence-electron chi connectivity index (χ2n) is 8.59. The molecule has 1 heterocycles. The number of nitrogens with zero attached hydrogens (tertiary/aromatic N) is 1. The van der Waals surface area contributed by atoms with Crippen molar-refractivity contribution in [2.24, 2.45) is 5.92 Å². The Hall–Kier alpha value is -2.01. The van der Waals surface area contributed by atoms with Crippen LogP contribution in [-0.4, -0.2) is 36.0 Å². The molecule has 0 unspecified atom stereocenters. The Balaban J connectivity index is 2.33. The van der Waals surface area contributed by atoms with Crippen molar-refractivity contribution in [2.75, 3.05) is 18.0 Å². The number of allylic oxidation sites excluding steroid dienone is 1. The summed E-state index contributed by atoms with van der Waals surface area (Å²) >= 11 is 6.01. The topological polar surface area (TPSA) is 61.4 Å². The lowest BCUT2D eigenvalue weighted by Gasteiger charge is -2.40. The van der Waals surface area contributed by atoms with Gasteiger partial charge in [0.15, 0.2) is 0 Å². The monoisotopic (exact) mass is 405 g/mol. The van der Waals surface area contributed by atoms with Crippen LogP contribution in [0.4, 0.5) is 5.69 Å². The first-order valence-corrected chi connectivity index (χ1v) is 10.2. The van der Waals surface area contributed by atoms with E-state index in [1.54, 1.807) is 6.08 Å². The molecule has 1 aliphatic heterocycles. The zero-order valence-corrected chi connectivity index (χ0v) is 18.1. The van der Waals surface area contributed by atoms with Crippen molar-refractivity contribution in [1.29, 1.82) is 0 Å². The third-order valence-corrected chi connectivity index (χ3v) is 5.36. The highest BCUT2D eigenvalue weighted by Crippen LogP contribution is 2.35. The van der Waals surface area contributed by atoms with Gasteiger partial charge in [0.2, 0.25) is 11.8 Å². The summed E-state index contributed by atoms with van der Waals surface area (Å²) in [4.78, 5) is 27.7. The SMILES string of the molecule is C=CCC[C@](NC(C)=O)(C(=O)NC(C)(C)C)[C@H]1CCN(c2ccc(Cl)cc2)C1. The highest BCUT2D eigenvalue weighted by Gasteiger charge is 2.49. The van der Waals surface area contributed by atoms with Crippen LogP contribution >= 0.6 is 11.6 Å². The molecule has 6 heteroatoms. The molecule has 2 rings (SSSR count). The molecule has 1 aliphatic rings. The van der Waals surface area contributed by atoms with E-state index in [2.05, 4.69) is 22.1 Å². The Bertz CT molecular complexity index is 711. The van der Waals surface area contributed by atoms with Crippen molar-refractivity contribution < 1.29 is 9.59 Å². The van der Waals surface area contributed by atoms with E-state index in [1.807, 2.05) is 45.0 Å². The zero-order valence-electron chi connectivity index (χ0n) is 17.3. The quantitative estimate of drug-likeness (QED) is 0.676. The predicted molar refractivity (Wildman–Crippen MR) is 116 cm³/mol. The second-order valence-corrected chi connectivity index (χ2v) is 9.03. The molecule has 1 aromatic rings. The molecule has 0 spiro atoms. The fraction of sp³-hybridized carbons (Fsp3) is 0.545. The third kappa shape index (κ3) is 5.51. The molecule has 0 aromatic heterocycles. The van der Waals surface area contributed by atoms with E-state index in [0.29, 0.717) is 24.4 Å². The fourth-order valence-corrected chi connectivity index (χ4v) is 4.00. The van der Waals surface area contributed by atoms with Gasteiger partial charge < -0.3 is 15.5 Å². The Morgan fingerprint density at radius 2 is 1.89 bits per heavy atom. The first-order valence-electron chi connectivity index (χ1n) is 9.80. The average Bonchev–Trinajstić information content (AvgIpc) is 3.07. The van der Waals surface area contributed by atoms with Gasteiger partial charge in [-0.05, 0) is 64.3 Å². The lowest BCUT2D eigenvalue weighted by Crippen LogP contribution is -2.65. The van der Waals surface area contributed by atoms with E-state index in [-0.39, 0.29) is 23.3 Å². The summed E-state index contributed by atoms with van der Waals surface area (Å²) in [5, 5.41) is 6.81. The van der Waals surface area contributed by atoms with Crippen LogP contribution in [0.3, 0.4) is 0 Å². The normalized spacial score (nSPS) is 19.0. The van der Waals surface area contributed by atoms with Gasteiger partial charge in [-0.15, -0.1) is 6.58 Å². The molecule has 0 bridgehead atoms. The molecular formula is C22H32ClN3O2. The van der Waals surface area contributed by atoms with Gasteiger partial charge in [-0.2, -0.15) is 0 Å². The minimum Gasteiger partial charge on any atom is -0.371 e. The van der Waals surface area contributed by atoms with Gasteiger partial charge in [0.1, 0.15) is 5.54 Å². The number of carbonyl (C=O) groups excluding carboxylic acids is 2. The van der Waals surface area contributed by atoms with E-state index >= 15 is 0 Å². The molecule has 2 atom stereocenters. The molecule has 0 saturated carbocycles. The van der Waals surface area contributed by atoms with Gasteiger partial charge in [0.25, 0.3) is 0 Å². The van der Waals surface area contributed by atoms with Crippen molar-refractivity contribution in [3.05, 3.63) is 41.9 Å². The number of hydrogen-bond donors (Lipinski definition) is 2. The molecule has 28 heavy (non-hydrogen) atoms. The van der Waals surface area contributed by atoms with Gasteiger partial charge in [0.05, 0.1) is 0 Å². The predicted octanol–water partition coefficient (Wildman–Crippen LogP) is 3.92. The summed E-state index contributed by atoms with van der Waals surface area (Å²) in [5.41, 5.74) is -0.277. The lowest BCUT2D eigenvalue weighted by molar-refractivity contribution is -0.136. The minimum atomic E-state index is -0.964. The second kappa shape index (κ2) is 8.99. The van der Waals surface area contributed by atoms with Crippen LogP contribution in [0.25, 0.3) is 0 Å². The molecule has 0 aliphatic carbocycles. The summed E-state index contributed by atoms with van der Waals surface area (Å²) in [6.45, 7) is 12.6. The van der Waals surface area contributed by atoms with Crippen LogP contribution in [0.2, 0.25) is 5.02 Å². The van der Waals surface area contributed by atoms with Gasteiger partial charge in [-0.25, -0.2) is 0 Å². The number of halogens is 1. The van der Waals surface area contributed by atoms with Gasteiger partial charge in [-0.3, -0.25) is 9.59 Å². The Morgan fingerprint density at radius 3 is 2.43 bits per heavy atom. The third-order valence-electron chi connectivity index (χ3n) is 5.11. The van der Waals surface area contributed by atoms with Crippen LogP contribution in [0.15, 0.2) is 36.9 Å². The zero-order chi connectivity index (χ0) is 20.9. The summed E-state index contributed by atoms with van der Waals surface area (Å²) in [6, 6.07) is 7.72. The van der Waals surface area contributed by atoms with Crippen LogP contribution in [-0.2, 0) is 9.59 Å². The standard InChI is InChI=1S/C22H32ClN3O2/c1-6-7-13-22(24-16(2)27,20(28)25-21(3,4)5)17-12-14-26(15-17)19-10-8-18(23)9-11-19/h6,8-11,17H,1,7,12-15H2,2-5H3,(H,24,27)(H,25,28)/t17-,22+/m0/s1. The smallest absolute Gasteiger partial charge is 0.246 e. The molecule has 2 N–H and O–H groups in total. The summed E-state index contributed by atoms with van der Waals surface area (Å²) in [7, 11) is 0. The van der Waals surface area contributed by atoms with Crippen molar-refractivity contribution in [3.8, 4) is 0 Å². The van der Waals surface area contributed by atoms with E-state index in [0.717, 1.165) is 18.7 Å². The van der Waals surface area contributed by atoms with E-state index < -0.39 is 5.54 Å². The molecule has 1 saturated heterocycles. The van der Waals surface area contributed by atoms with Gasteiger partial charge in [-0.1, -0.05) is 17.7 Å². The maximum atomic E-state index is 13.4. The van der Waals surface area contributed by atoms with Crippen molar-refractivity contribution in [1.82, 2.24) is 10.6 Å². The lowest BCUT2D eigenvalue weighted by atomic mass is 9.77. The molecule has 0 radical (unpaired) electrons. The number of benzene rings is 1. The van der Waals surface area contributed by atoms with Crippen LogP contribution < -0.4 is 15.5 Å². The van der Waals surface area contributed by atoms with Crippen molar-refractivity contribution in [2.45, 2.75) is 58.0 Å². The summed E-state index contributed by atoms with van der Waals surface area (Å²) in [6.07, 6.45) is 3.79. The highest BCUT2D eigenvalue weighted by molar-refractivity contribution is 6.30. The molecule has 2 amide bonds. The maximum absolute atomic E-state index is 13.4.